The second kappa shape index (κ2) is 3.96. The Morgan fingerprint density at radius 3 is 2.80 bits per heavy atom. The van der Waals surface area contributed by atoms with Crippen LogP contribution in [-0.2, 0) is 0 Å². The molecule has 2 aromatic heterocycles. The third-order valence-corrected chi connectivity index (χ3v) is 2.12. The molecule has 7 nitrogen and oxygen atoms in total. The number of halogens is 1. The average molecular weight is 318 g/mol. The Morgan fingerprint density at radius 1 is 1.40 bits per heavy atom. The molecule has 0 atom stereocenters. The van der Waals surface area contributed by atoms with Crippen molar-refractivity contribution in [2.75, 3.05) is 12.8 Å². The van der Waals surface area contributed by atoms with Crippen molar-refractivity contribution in [3.63, 3.8) is 0 Å². The van der Waals surface area contributed by atoms with Gasteiger partial charge in [0.15, 0.2) is 0 Å². The highest BCUT2D eigenvalue weighted by Gasteiger charge is 2.07. The molecule has 0 bridgehead atoms. The molecule has 2 N–H and O–H groups in total. The van der Waals surface area contributed by atoms with Crippen molar-refractivity contribution < 1.29 is 4.74 Å². The summed E-state index contributed by atoms with van der Waals surface area (Å²) in [6.45, 7) is 0. The molecular formula is C7H7IN6O. The van der Waals surface area contributed by atoms with Crippen molar-refractivity contribution in [2.24, 2.45) is 0 Å². The molecule has 0 aromatic carbocycles. The summed E-state index contributed by atoms with van der Waals surface area (Å²) in [6.07, 6.45) is 3.46. The third kappa shape index (κ3) is 2.14. The molecule has 0 aliphatic heterocycles. The van der Waals surface area contributed by atoms with Crippen LogP contribution in [0.5, 0.6) is 6.01 Å². The molecule has 0 spiro atoms. The lowest BCUT2D eigenvalue weighted by atomic mass is 10.7. The van der Waals surface area contributed by atoms with Gasteiger partial charge in [-0.05, 0) is 22.6 Å². The molecule has 0 amide bonds. The van der Waals surface area contributed by atoms with Gasteiger partial charge in [-0.15, -0.1) is 0 Å². The predicted molar refractivity (Wildman–Crippen MR) is 60.6 cm³/mol. The smallest absolute Gasteiger partial charge is 0.322 e. The zero-order chi connectivity index (χ0) is 10.8. The van der Waals surface area contributed by atoms with Crippen molar-refractivity contribution in [1.82, 2.24) is 24.7 Å². The summed E-state index contributed by atoms with van der Waals surface area (Å²) in [7, 11) is 1.46. The highest BCUT2D eigenvalue weighted by molar-refractivity contribution is 14.1. The average Bonchev–Trinajstić information content (AvgIpc) is 2.64. The number of aromatic nitrogens is 5. The fourth-order valence-electron chi connectivity index (χ4n) is 0.965. The van der Waals surface area contributed by atoms with Crippen LogP contribution in [0.4, 0.5) is 5.95 Å². The Kier molecular flexibility index (Phi) is 2.66. The van der Waals surface area contributed by atoms with Gasteiger partial charge in [-0.3, -0.25) is 0 Å². The number of anilines is 1. The van der Waals surface area contributed by atoms with Crippen LogP contribution < -0.4 is 10.5 Å². The second-order valence-electron chi connectivity index (χ2n) is 2.58. The van der Waals surface area contributed by atoms with E-state index < -0.39 is 0 Å². The van der Waals surface area contributed by atoms with Crippen molar-refractivity contribution in [3.8, 4) is 12.0 Å². The van der Waals surface area contributed by atoms with E-state index in [-0.39, 0.29) is 12.0 Å². The minimum Gasteiger partial charge on any atom is -0.467 e. The van der Waals surface area contributed by atoms with Crippen LogP contribution in [0.25, 0.3) is 5.95 Å². The highest BCUT2D eigenvalue weighted by atomic mass is 127. The van der Waals surface area contributed by atoms with Gasteiger partial charge in [-0.1, -0.05) is 0 Å². The number of hydrogen-bond donors (Lipinski definition) is 1. The molecule has 0 aliphatic rings. The fourth-order valence-corrected chi connectivity index (χ4v) is 1.35. The maximum Gasteiger partial charge on any atom is 0.322 e. The molecule has 0 saturated heterocycles. The minimum absolute atomic E-state index is 0.0994. The molecule has 78 valence electrons. The third-order valence-electron chi connectivity index (χ3n) is 1.56. The van der Waals surface area contributed by atoms with Gasteiger partial charge in [0, 0.05) is 6.20 Å². The van der Waals surface area contributed by atoms with E-state index in [1.165, 1.54) is 11.8 Å². The number of methoxy groups -OCH3 is 1. The van der Waals surface area contributed by atoms with Crippen LogP contribution in [0.3, 0.4) is 0 Å². The molecule has 2 heterocycles. The van der Waals surface area contributed by atoms with Gasteiger partial charge in [0.1, 0.15) is 0 Å². The van der Waals surface area contributed by atoms with E-state index in [2.05, 4.69) is 42.6 Å². The summed E-state index contributed by atoms with van der Waals surface area (Å²) in [5.74, 6) is 0.435. The summed E-state index contributed by atoms with van der Waals surface area (Å²) in [6, 6.07) is 0.169. The molecule has 0 aliphatic carbocycles. The maximum atomic E-state index is 5.49. The van der Waals surface area contributed by atoms with E-state index in [1.54, 1.807) is 12.4 Å². The number of nitrogens with two attached hydrogens (primary N) is 1. The SMILES string of the molecule is COc1nc(N)nc(-n2cc(I)cn2)n1. The Morgan fingerprint density at radius 2 is 2.20 bits per heavy atom. The summed E-state index contributed by atoms with van der Waals surface area (Å²) in [5, 5.41) is 4.05. The van der Waals surface area contributed by atoms with Crippen molar-refractivity contribution in [1.29, 1.82) is 0 Å². The van der Waals surface area contributed by atoms with Crippen LogP contribution in [0.15, 0.2) is 12.4 Å². The van der Waals surface area contributed by atoms with Gasteiger partial charge in [-0.25, -0.2) is 4.68 Å². The summed E-state index contributed by atoms with van der Waals surface area (Å²) < 4.78 is 7.36. The monoisotopic (exact) mass is 318 g/mol. The number of nitrogen functional groups attached to an aromatic ring is 1. The van der Waals surface area contributed by atoms with Gasteiger partial charge in [0.2, 0.25) is 5.95 Å². The van der Waals surface area contributed by atoms with Crippen molar-refractivity contribution in [3.05, 3.63) is 16.0 Å². The molecule has 2 rings (SSSR count). The second-order valence-corrected chi connectivity index (χ2v) is 3.83. The van der Waals surface area contributed by atoms with E-state index in [4.69, 9.17) is 10.5 Å². The van der Waals surface area contributed by atoms with E-state index >= 15 is 0 Å². The lowest BCUT2D eigenvalue weighted by Gasteiger charge is -2.02. The van der Waals surface area contributed by atoms with E-state index in [0.29, 0.717) is 5.95 Å². The zero-order valence-electron chi connectivity index (χ0n) is 7.75. The van der Waals surface area contributed by atoms with Crippen LogP contribution in [0.1, 0.15) is 0 Å². The maximum absolute atomic E-state index is 5.49. The van der Waals surface area contributed by atoms with Gasteiger partial charge in [-0.2, -0.15) is 20.1 Å². The van der Waals surface area contributed by atoms with Crippen LogP contribution in [0, 0.1) is 3.57 Å². The molecule has 0 unspecified atom stereocenters. The number of nitrogens with zero attached hydrogens (tertiary/aromatic N) is 5. The first-order valence-corrected chi connectivity index (χ1v) is 5.03. The molecule has 0 saturated carbocycles. The zero-order valence-corrected chi connectivity index (χ0v) is 9.91. The van der Waals surface area contributed by atoms with E-state index in [9.17, 15) is 0 Å². The lowest BCUT2D eigenvalue weighted by Crippen LogP contribution is -2.07. The van der Waals surface area contributed by atoms with Crippen LogP contribution in [-0.4, -0.2) is 31.8 Å². The first kappa shape index (κ1) is 10.1. The minimum atomic E-state index is 0.0994. The van der Waals surface area contributed by atoms with E-state index in [0.717, 1.165) is 3.57 Å². The molecule has 0 fully saturated rings. The molecule has 15 heavy (non-hydrogen) atoms. The van der Waals surface area contributed by atoms with Crippen LogP contribution >= 0.6 is 22.6 Å². The highest BCUT2D eigenvalue weighted by Crippen LogP contribution is 2.09. The fraction of sp³-hybridized carbons (Fsp3) is 0.143. The Bertz CT molecular complexity index is 484. The van der Waals surface area contributed by atoms with Gasteiger partial charge in [0.25, 0.3) is 5.95 Å². The van der Waals surface area contributed by atoms with Gasteiger partial charge >= 0.3 is 6.01 Å². The first-order valence-electron chi connectivity index (χ1n) is 3.95. The quantitative estimate of drug-likeness (QED) is 0.798. The van der Waals surface area contributed by atoms with Crippen LogP contribution in [0.2, 0.25) is 0 Å². The molecule has 2 aromatic rings. The predicted octanol–water partition coefficient (Wildman–Crippen LogP) is 0.253. The summed E-state index contributed by atoms with van der Waals surface area (Å²) >= 11 is 2.14. The van der Waals surface area contributed by atoms with E-state index in [1.807, 2.05) is 0 Å². The molecule has 0 radical (unpaired) electrons. The summed E-state index contributed by atoms with van der Waals surface area (Å²) in [4.78, 5) is 11.7. The van der Waals surface area contributed by atoms with Crippen molar-refractivity contribution in [2.45, 2.75) is 0 Å². The number of hydrogen-bond acceptors (Lipinski definition) is 6. The standard InChI is InChI=1S/C7H7IN6O/c1-15-7-12-5(9)11-6(13-7)14-3-4(8)2-10-14/h2-3H,1H3,(H2,9,11,12,13). The molecular weight excluding hydrogens is 311 g/mol. The Balaban J connectivity index is 2.48. The number of rotatable bonds is 2. The Labute approximate surface area is 98.8 Å². The van der Waals surface area contributed by atoms with Crippen molar-refractivity contribution >= 4 is 28.5 Å². The van der Waals surface area contributed by atoms with Gasteiger partial charge < -0.3 is 10.5 Å². The lowest BCUT2D eigenvalue weighted by molar-refractivity contribution is 0.377. The summed E-state index contributed by atoms with van der Waals surface area (Å²) in [5.41, 5.74) is 5.49. The largest absolute Gasteiger partial charge is 0.467 e. The molecule has 8 heteroatoms. The number of ether oxygens (including phenoxy) is 1. The van der Waals surface area contributed by atoms with Gasteiger partial charge in [0.05, 0.1) is 16.9 Å². The first-order chi connectivity index (χ1) is 7.19. The normalized spacial score (nSPS) is 10.3. The Hall–Kier alpha value is -1.45. The topological polar surface area (TPSA) is 91.7 Å².